The number of carbonyl (C=O) groups excluding carboxylic acids is 1. The van der Waals surface area contributed by atoms with Crippen molar-refractivity contribution in [3.8, 4) is 0 Å². The van der Waals surface area contributed by atoms with Gasteiger partial charge in [0.15, 0.2) is 5.96 Å². The Morgan fingerprint density at radius 1 is 1.13 bits per heavy atom. The van der Waals surface area contributed by atoms with Gasteiger partial charge in [-0.1, -0.05) is 30.3 Å². The number of para-hydroxylation sites is 1. The fourth-order valence-electron chi connectivity index (χ4n) is 2.03. The summed E-state index contributed by atoms with van der Waals surface area (Å²) in [4.78, 5) is 15.9. The van der Waals surface area contributed by atoms with Gasteiger partial charge in [0, 0.05) is 24.8 Å². The molecule has 0 bridgehead atoms. The molecule has 0 saturated carbocycles. The molecule has 23 heavy (non-hydrogen) atoms. The molecule has 0 fully saturated rings. The first-order chi connectivity index (χ1) is 10.7. The van der Waals surface area contributed by atoms with Gasteiger partial charge >= 0.3 is 0 Å². The van der Waals surface area contributed by atoms with Crippen LogP contribution < -0.4 is 16.4 Å². The highest BCUT2D eigenvalue weighted by Crippen LogP contribution is 2.07. The third-order valence-corrected chi connectivity index (χ3v) is 3.15. The second-order valence-electron chi connectivity index (χ2n) is 4.79. The maximum absolute atomic E-state index is 11.6. The summed E-state index contributed by atoms with van der Waals surface area (Å²) < 4.78 is 0. The van der Waals surface area contributed by atoms with Crippen LogP contribution >= 0.6 is 24.0 Å². The highest BCUT2D eigenvalue weighted by Gasteiger charge is 2.03. The molecule has 0 saturated heterocycles. The lowest BCUT2D eigenvalue weighted by molar-refractivity contribution is 0.0963. The molecule has 1 amide bonds. The molecule has 0 spiro atoms. The van der Waals surface area contributed by atoms with E-state index >= 15 is 0 Å². The molecule has 0 aliphatic carbocycles. The molecule has 0 aliphatic heterocycles. The third-order valence-electron chi connectivity index (χ3n) is 3.15. The van der Waals surface area contributed by atoms with E-state index in [0.29, 0.717) is 18.1 Å². The number of rotatable bonds is 5. The average Bonchev–Trinajstić information content (AvgIpc) is 2.55. The van der Waals surface area contributed by atoms with Crippen LogP contribution in [0.1, 0.15) is 15.9 Å². The van der Waals surface area contributed by atoms with Crippen LogP contribution in [0, 0.1) is 0 Å². The number of aliphatic imine (C=N–C) groups is 1. The van der Waals surface area contributed by atoms with Gasteiger partial charge in [0.2, 0.25) is 0 Å². The molecule has 2 rings (SSSR count). The van der Waals surface area contributed by atoms with Crippen molar-refractivity contribution in [2.75, 3.05) is 18.9 Å². The van der Waals surface area contributed by atoms with Gasteiger partial charge in [-0.3, -0.25) is 9.79 Å². The number of guanidine groups is 1. The molecule has 5 nitrogen and oxygen atoms in total. The molecule has 6 heteroatoms. The number of halogens is 1. The first-order valence-electron chi connectivity index (χ1n) is 7.12. The summed E-state index contributed by atoms with van der Waals surface area (Å²) in [5.41, 5.74) is 8.46. The monoisotopic (exact) mass is 424 g/mol. The van der Waals surface area contributed by atoms with E-state index < -0.39 is 0 Å². The Labute approximate surface area is 153 Å². The van der Waals surface area contributed by atoms with Crippen molar-refractivity contribution in [2.24, 2.45) is 10.7 Å². The van der Waals surface area contributed by atoms with Gasteiger partial charge < -0.3 is 16.4 Å². The summed E-state index contributed by atoms with van der Waals surface area (Å²) in [6.45, 7) is 0.558. The van der Waals surface area contributed by atoms with Crippen molar-refractivity contribution in [3.63, 3.8) is 0 Å². The van der Waals surface area contributed by atoms with Gasteiger partial charge in [0.05, 0.1) is 0 Å². The minimum Gasteiger partial charge on any atom is -0.370 e. The van der Waals surface area contributed by atoms with E-state index in [2.05, 4.69) is 15.6 Å². The maximum Gasteiger partial charge on any atom is 0.251 e. The zero-order valence-corrected chi connectivity index (χ0v) is 15.3. The van der Waals surface area contributed by atoms with Crippen molar-refractivity contribution in [1.82, 2.24) is 5.32 Å². The van der Waals surface area contributed by atoms with Crippen LogP contribution in [0.4, 0.5) is 5.69 Å². The van der Waals surface area contributed by atoms with E-state index in [-0.39, 0.29) is 29.9 Å². The zero-order valence-electron chi connectivity index (χ0n) is 13.0. The predicted octanol–water partition coefficient (Wildman–Crippen LogP) is 2.63. The molecule has 0 aromatic heterocycles. The summed E-state index contributed by atoms with van der Waals surface area (Å²) in [5, 5.41) is 5.64. The van der Waals surface area contributed by atoms with E-state index in [1.165, 1.54) is 0 Å². The number of benzene rings is 2. The van der Waals surface area contributed by atoms with Gasteiger partial charge in [0.25, 0.3) is 5.91 Å². The minimum absolute atomic E-state index is 0. The summed E-state index contributed by atoms with van der Waals surface area (Å²) >= 11 is 0. The molecule has 0 aliphatic rings. The Kier molecular flexibility index (Phi) is 8.10. The van der Waals surface area contributed by atoms with Crippen molar-refractivity contribution < 1.29 is 4.79 Å². The average molecular weight is 424 g/mol. The Morgan fingerprint density at radius 2 is 1.87 bits per heavy atom. The molecule has 2 aromatic rings. The van der Waals surface area contributed by atoms with Crippen molar-refractivity contribution in [3.05, 3.63) is 65.7 Å². The van der Waals surface area contributed by atoms with E-state index in [1.54, 1.807) is 13.1 Å². The minimum atomic E-state index is -0.0874. The second-order valence-corrected chi connectivity index (χ2v) is 4.79. The summed E-state index contributed by atoms with van der Waals surface area (Å²) in [6.07, 6.45) is 0.724. The quantitative estimate of drug-likeness (QED) is 0.392. The second kappa shape index (κ2) is 9.83. The fourth-order valence-corrected chi connectivity index (χ4v) is 2.03. The Hall–Kier alpha value is -2.09. The molecule has 122 valence electrons. The fraction of sp³-hybridized carbons (Fsp3) is 0.176. The molecule has 0 atom stereocenters. The van der Waals surface area contributed by atoms with Crippen molar-refractivity contribution >= 4 is 41.5 Å². The van der Waals surface area contributed by atoms with E-state index in [9.17, 15) is 4.79 Å². The summed E-state index contributed by atoms with van der Waals surface area (Å²) in [6, 6.07) is 17.2. The summed E-state index contributed by atoms with van der Waals surface area (Å²) in [7, 11) is 1.62. The number of nitrogens with one attached hydrogen (secondary N) is 2. The van der Waals surface area contributed by atoms with Gasteiger partial charge in [0.1, 0.15) is 0 Å². The van der Waals surface area contributed by atoms with Crippen LogP contribution in [-0.2, 0) is 6.42 Å². The summed E-state index contributed by atoms with van der Waals surface area (Å²) in [5.74, 6) is 0.296. The van der Waals surface area contributed by atoms with Crippen LogP contribution in [0.25, 0.3) is 0 Å². The Morgan fingerprint density at radius 3 is 2.57 bits per heavy atom. The van der Waals surface area contributed by atoms with Crippen LogP contribution in [0.3, 0.4) is 0 Å². The standard InChI is InChI=1S/C17H20N4O.HI/c1-19-16(22)14-7-5-6-13(12-14)10-11-20-17(18)21-15-8-3-2-4-9-15;/h2-9,12H,10-11H2,1H3,(H,19,22)(H3,18,20,21);1H. The predicted molar refractivity (Wildman–Crippen MR) is 106 cm³/mol. The Bertz CT molecular complexity index is 659. The first-order valence-corrected chi connectivity index (χ1v) is 7.12. The number of nitrogens with two attached hydrogens (primary N) is 1. The maximum atomic E-state index is 11.6. The van der Waals surface area contributed by atoms with Crippen LogP contribution in [-0.4, -0.2) is 25.5 Å². The number of hydrogen-bond acceptors (Lipinski definition) is 2. The lowest BCUT2D eigenvalue weighted by Gasteiger charge is -2.06. The Balaban J connectivity index is 0.00000264. The molecule has 0 radical (unpaired) electrons. The smallest absolute Gasteiger partial charge is 0.251 e. The van der Waals surface area contributed by atoms with Crippen LogP contribution in [0.15, 0.2) is 59.6 Å². The number of amides is 1. The van der Waals surface area contributed by atoms with E-state index in [4.69, 9.17) is 5.73 Å². The first kappa shape index (κ1) is 19.0. The van der Waals surface area contributed by atoms with Crippen molar-refractivity contribution in [2.45, 2.75) is 6.42 Å². The number of carbonyl (C=O) groups is 1. The number of hydrogen-bond donors (Lipinski definition) is 3. The number of nitrogens with zero attached hydrogens (tertiary/aromatic N) is 1. The zero-order chi connectivity index (χ0) is 15.8. The highest BCUT2D eigenvalue weighted by atomic mass is 127. The molecule has 2 aromatic carbocycles. The molecule has 0 heterocycles. The molecular weight excluding hydrogens is 403 g/mol. The van der Waals surface area contributed by atoms with Gasteiger partial charge in [-0.05, 0) is 36.2 Å². The van der Waals surface area contributed by atoms with E-state index in [1.807, 2.05) is 48.5 Å². The van der Waals surface area contributed by atoms with Gasteiger partial charge in [-0.25, -0.2) is 0 Å². The lowest BCUT2D eigenvalue weighted by Crippen LogP contribution is -2.23. The number of anilines is 1. The molecular formula is C17H21IN4O. The van der Waals surface area contributed by atoms with Crippen LogP contribution in [0.5, 0.6) is 0 Å². The van der Waals surface area contributed by atoms with E-state index in [0.717, 1.165) is 17.7 Å². The van der Waals surface area contributed by atoms with Crippen LogP contribution in [0.2, 0.25) is 0 Å². The topological polar surface area (TPSA) is 79.5 Å². The normalized spacial score (nSPS) is 10.6. The third kappa shape index (κ3) is 6.27. The molecule has 4 N–H and O–H groups in total. The molecule has 0 unspecified atom stereocenters. The van der Waals surface area contributed by atoms with Gasteiger partial charge in [-0.15, -0.1) is 24.0 Å². The largest absolute Gasteiger partial charge is 0.370 e. The SMILES string of the molecule is CNC(=O)c1cccc(CCN=C(N)Nc2ccccc2)c1.I. The lowest BCUT2D eigenvalue weighted by atomic mass is 10.1. The van der Waals surface area contributed by atoms with Gasteiger partial charge in [-0.2, -0.15) is 0 Å². The highest BCUT2D eigenvalue weighted by molar-refractivity contribution is 14.0. The van der Waals surface area contributed by atoms with Crippen molar-refractivity contribution in [1.29, 1.82) is 0 Å².